The van der Waals surface area contributed by atoms with Gasteiger partial charge in [-0.15, -0.1) is 0 Å². The number of nitrogens with zero attached hydrogens (tertiary/aromatic N) is 2. The molecule has 0 unspecified atom stereocenters. The van der Waals surface area contributed by atoms with E-state index in [1.807, 2.05) is 13.8 Å². The monoisotopic (exact) mass is 506 g/mol. The number of aliphatic hydroxyl groups excluding tert-OH is 1. The summed E-state index contributed by atoms with van der Waals surface area (Å²) in [6.45, 7) is 5.16. The molecule has 0 atom stereocenters. The van der Waals surface area contributed by atoms with Crippen LogP contribution in [-0.4, -0.2) is 39.1 Å². The minimum absolute atomic E-state index is 0.0477. The standard InChI is InChI=1S/C24H25ClF2N4O4/c1-13-17(7-16-8-29-19(9-28-16)22(33)30-11-24(2,3)12-32)21(20(25)23(34)31-13)35-10-14-4-5-15(26)6-18(14)27/h4-6,8-9,32H,7,10-12H2,1-3H3,(H,30,33)(H,31,34). The predicted octanol–water partition coefficient (Wildman–Crippen LogP) is 3.32. The molecular weight excluding hydrogens is 482 g/mol. The van der Waals surface area contributed by atoms with Crippen LogP contribution in [0.4, 0.5) is 8.78 Å². The molecule has 3 N–H and O–H groups in total. The van der Waals surface area contributed by atoms with Gasteiger partial charge in [0.05, 0.1) is 11.9 Å². The van der Waals surface area contributed by atoms with Gasteiger partial charge in [-0.05, 0) is 19.1 Å². The first-order valence-corrected chi connectivity index (χ1v) is 11.1. The molecule has 0 spiro atoms. The van der Waals surface area contributed by atoms with Gasteiger partial charge in [0.25, 0.3) is 11.5 Å². The average Bonchev–Trinajstić information content (AvgIpc) is 2.82. The maximum Gasteiger partial charge on any atom is 0.271 e. The Morgan fingerprint density at radius 3 is 2.63 bits per heavy atom. The number of hydrogen-bond acceptors (Lipinski definition) is 6. The molecule has 0 radical (unpaired) electrons. The number of amides is 1. The Balaban J connectivity index is 1.80. The molecule has 3 aromatic rings. The fraction of sp³-hybridized carbons (Fsp3) is 0.333. The molecule has 2 heterocycles. The van der Waals surface area contributed by atoms with E-state index in [4.69, 9.17) is 16.3 Å². The molecule has 0 aliphatic carbocycles. The largest absolute Gasteiger partial charge is 0.487 e. The lowest BCUT2D eigenvalue weighted by atomic mass is 9.95. The lowest BCUT2D eigenvalue weighted by molar-refractivity contribution is 0.0905. The van der Waals surface area contributed by atoms with Crippen molar-refractivity contribution >= 4 is 17.5 Å². The summed E-state index contributed by atoms with van der Waals surface area (Å²) in [5, 5.41) is 11.8. The first-order chi connectivity index (χ1) is 16.5. The number of rotatable bonds is 9. The molecule has 0 saturated heterocycles. The Hall–Kier alpha value is -3.37. The van der Waals surface area contributed by atoms with Crippen molar-refractivity contribution in [2.45, 2.75) is 33.8 Å². The molecular formula is C24H25ClF2N4O4. The van der Waals surface area contributed by atoms with Gasteiger partial charge in [-0.1, -0.05) is 25.4 Å². The van der Waals surface area contributed by atoms with Gasteiger partial charge in [-0.25, -0.2) is 13.8 Å². The molecule has 35 heavy (non-hydrogen) atoms. The zero-order valence-electron chi connectivity index (χ0n) is 19.4. The maximum atomic E-state index is 14.0. The van der Waals surface area contributed by atoms with Crippen LogP contribution in [0.3, 0.4) is 0 Å². The molecule has 2 aromatic heterocycles. The Morgan fingerprint density at radius 2 is 2.00 bits per heavy atom. The van der Waals surface area contributed by atoms with Crippen molar-refractivity contribution in [1.82, 2.24) is 20.3 Å². The van der Waals surface area contributed by atoms with E-state index in [2.05, 4.69) is 20.3 Å². The third-order valence-electron chi connectivity index (χ3n) is 5.26. The first-order valence-electron chi connectivity index (χ1n) is 10.7. The lowest BCUT2D eigenvalue weighted by Gasteiger charge is -2.21. The van der Waals surface area contributed by atoms with Gasteiger partial charge in [0.15, 0.2) is 0 Å². The molecule has 3 rings (SSSR count). The Labute approximate surface area is 205 Å². The molecule has 0 bridgehead atoms. The highest BCUT2D eigenvalue weighted by atomic mass is 35.5. The number of aromatic amines is 1. The van der Waals surface area contributed by atoms with Gasteiger partial charge < -0.3 is 20.1 Å². The van der Waals surface area contributed by atoms with E-state index in [9.17, 15) is 23.5 Å². The van der Waals surface area contributed by atoms with E-state index in [0.29, 0.717) is 17.0 Å². The number of ether oxygens (including phenoxy) is 1. The molecule has 0 aliphatic heterocycles. The molecule has 8 nitrogen and oxygen atoms in total. The van der Waals surface area contributed by atoms with Gasteiger partial charge in [0.1, 0.15) is 34.7 Å². The van der Waals surface area contributed by atoms with Crippen molar-refractivity contribution in [3.63, 3.8) is 0 Å². The number of aliphatic hydroxyl groups is 1. The molecule has 0 fully saturated rings. The van der Waals surface area contributed by atoms with E-state index in [0.717, 1.165) is 12.1 Å². The summed E-state index contributed by atoms with van der Waals surface area (Å²) >= 11 is 6.19. The second kappa shape index (κ2) is 10.9. The van der Waals surface area contributed by atoms with Crippen molar-refractivity contribution in [3.8, 4) is 5.75 Å². The van der Waals surface area contributed by atoms with E-state index >= 15 is 0 Å². The van der Waals surface area contributed by atoms with Crippen molar-refractivity contribution < 1.29 is 23.4 Å². The van der Waals surface area contributed by atoms with Gasteiger partial charge in [0, 0.05) is 54.1 Å². The van der Waals surface area contributed by atoms with Crippen LogP contribution in [0.1, 0.15) is 46.9 Å². The van der Waals surface area contributed by atoms with Crippen LogP contribution in [0.5, 0.6) is 5.75 Å². The molecule has 0 aliphatic rings. The lowest BCUT2D eigenvalue weighted by Crippen LogP contribution is -2.36. The van der Waals surface area contributed by atoms with Crippen LogP contribution in [0.25, 0.3) is 0 Å². The van der Waals surface area contributed by atoms with Crippen molar-refractivity contribution in [3.05, 3.63) is 85.8 Å². The average molecular weight is 507 g/mol. The highest BCUT2D eigenvalue weighted by Gasteiger charge is 2.20. The second-order valence-corrected chi connectivity index (χ2v) is 9.18. The molecule has 186 valence electrons. The van der Waals surface area contributed by atoms with Gasteiger partial charge >= 0.3 is 0 Å². The number of hydrogen-bond donors (Lipinski definition) is 3. The first kappa shape index (κ1) is 26.2. The number of carbonyl (C=O) groups is 1. The molecule has 0 saturated carbocycles. The van der Waals surface area contributed by atoms with Crippen LogP contribution in [0.2, 0.25) is 5.02 Å². The van der Waals surface area contributed by atoms with E-state index in [-0.39, 0.29) is 48.2 Å². The van der Waals surface area contributed by atoms with Gasteiger partial charge in [-0.3, -0.25) is 14.6 Å². The fourth-order valence-electron chi connectivity index (χ4n) is 3.07. The minimum Gasteiger partial charge on any atom is -0.487 e. The van der Waals surface area contributed by atoms with Crippen molar-refractivity contribution in [1.29, 1.82) is 0 Å². The number of pyridine rings is 1. The van der Waals surface area contributed by atoms with Crippen LogP contribution in [0.15, 0.2) is 35.4 Å². The number of benzene rings is 1. The molecule has 1 amide bonds. The summed E-state index contributed by atoms with van der Waals surface area (Å²) in [4.78, 5) is 35.5. The Kier molecular flexibility index (Phi) is 8.18. The van der Waals surface area contributed by atoms with Crippen LogP contribution in [-0.2, 0) is 13.0 Å². The highest BCUT2D eigenvalue weighted by molar-refractivity contribution is 6.32. The van der Waals surface area contributed by atoms with E-state index in [1.54, 1.807) is 6.92 Å². The van der Waals surface area contributed by atoms with Crippen molar-refractivity contribution in [2.24, 2.45) is 5.41 Å². The zero-order chi connectivity index (χ0) is 25.8. The Bertz CT molecular complexity index is 1280. The summed E-state index contributed by atoms with van der Waals surface area (Å²) in [6, 6.07) is 3.09. The minimum atomic E-state index is -0.786. The quantitative estimate of drug-likeness (QED) is 0.410. The number of H-pyrrole nitrogens is 1. The summed E-state index contributed by atoms with van der Waals surface area (Å²) < 4.78 is 32.9. The van der Waals surface area contributed by atoms with Crippen LogP contribution >= 0.6 is 11.6 Å². The summed E-state index contributed by atoms with van der Waals surface area (Å²) in [6.07, 6.45) is 2.87. The van der Waals surface area contributed by atoms with E-state index < -0.39 is 28.5 Å². The number of aromatic nitrogens is 3. The Morgan fingerprint density at radius 1 is 1.26 bits per heavy atom. The summed E-state index contributed by atoms with van der Waals surface area (Å²) in [5.41, 5.74) is 0.551. The number of aryl methyl sites for hydroxylation is 1. The zero-order valence-corrected chi connectivity index (χ0v) is 20.2. The molecule has 1 aromatic carbocycles. The smallest absolute Gasteiger partial charge is 0.271 e. The van der Waals surface area contributed by atoms with Crippen molar-refractivity contribution in [2.75, 3.05) is 13.2 Å². The predicted molar refractivity (Wildman–Crippen MR) is 126 cm³/mol. The second-order valence-electron chi connectivity index (χ2n) is 8.80. The van der Waals surface area contributed by atoms with Crippen LogP contribution in [0, 0.1) is 24.0 Å². The number of carbonyl (C=O) groups excluding carboxylic acids is 1. The number of halogens is 3. The fourth-order valence-corrected chi connectivity index (χ4v) is 3.28. The van der Waals surface area contributed by atoms with Crippen LogP contribution < -0.4 is 15.6 Å². The highest BCUT2D eigenvalue weighted by Crippen LogP contribution is 2.30. The normalized spacial score (nSPS) is 11.4. The third-order valence-corrected chi connectivity index (χ3v) is 5.61. The SMILES string of the molecule is Cc1[nH]c(=O)c(Cl)c(OCc2ccc(F)cc2F)c1Cc1cnc(C(=O)NCC(C)(C)CO)cn1. The summed E-state index contributed by atoms with van der Waals surface area (Å²) in [7, 11) is 0. The third kappa shape index (κ3) is 6.61. The number of nitrogens with one attached hydrogen (secondary N) is 2. The summed E-state index contributed by atoms with van der Waals surface area (Å²) in [5.74, 6) is -1.89. The molecule has 11 heteroatoms. The van der Waals surface area contributed by atoms with E-state index in [1.165, 1.54) is 18.5 Å². The van der Waals surface area contributed by atoms with Gasteiger partial charge in [-0.2, -0.15) is 0 Å². The maximum absolute atomic E-state index is 14.0. The topological polar surface area (TPSA) is 117 Å². The van der Waals surface area contributed by atoms with Gasteiger partial charge in [0.2, 0.25) is 0 Å².